The Morgan fingerprint density at radius 2 is 1.90 bits per heavy atom. The number of anilines is 1. The summed E-state index contributed by atoms with van der Waals surface area (Å²) in [5, 5.41) is 7.24. The maximum atomic E-state index is 3.64. The van der Waals surface area contributed by atoms with Crippen molar-refractivity contribution in [3.63, 3.8) is 0 Å². The minimum atomic E-state index is 0.109. The molecule has 0 fully saturated rings. The first kappa shape index (κ1) is 12.1. The van der Waals surface area contributed by atoms with Gasteiger partial charge in [0.1, 0.15) is 0 Å². The second kappa shape index (κ2) is 4.71. The van der Waals surface area contributed by atoms with Crippen molar-refractivity contribution in [3.8, 4) is 0 Å². The smallest absolute Gasteiger partial charge is 0.405 e. The molecule has 0 saturated carbocycles. The molecule has 4 rings (SSSR count). The molecule has 1 aliphatic heterocycles. The van der Waals surface area contributed by atoms with E-state index in [1.165, 1.54) is 28.0 Å². The molecule has 2 nitrogen and oxygen atoms in total. The zero-order chi connectivity index (χ0) is 13.5. The van der Waals surface area contributed by atoms with Crippen LogP contribution in [0, 0.1) is 0 Å². The lowest BCUT2D eigenvalue weighted by Crippen LogP contribution is -2.54. The number of halogens is 1. The molecule has 2 aliphatic rings. The van der Waals surface area contributed by atoms with Crippen LogP contribution in [0.1, 0.15) is 17.5 Å². The molecule has 0 spiro atoms. The highest BCUT2D eigenvalue weighted by molar-refractivity contribution is 9.10. The lowest BCUT2D eigenvalue weighted by Gasteiger charge is -2.32. The van der Waals surface area contributed by atoms with Gasteiger partial charge < -0.3 is 10.5 Å². The second-order valence-corrected chi connectivity index (χ2v) is 6.09. The number of hydrogen-bond donors (Lipinski definition) is 2. The molecule has 1 heterocycles. The number of allylic oxidation sites excluding steroid dienone is 1. The van der Waals surface area contributed by atoms with Crippen molar-refractivity contribution in [1.29, 1.82) is 0 Å². The van der Waals surface area contributed by atoms with Crippen LogP contribution in [0.5, 0.6) is 0 Å². The predicted molar refractivity (Wildman–Crippen MR) is 89.0 cm³/mol. The first-order valence-electron chi connectivity index (χ1n) is 6.93. The van der Waals surface area contributed by atoms with Crippen LogP contribution in [0.25, 0.3) is 5.70 Å². The van der Waals surface area contributed by atoms with Crippen molar-refractivity contribution in [2.75, 3.05) is 5.23 Å². The van der Waals surface area contributed by atoms with Crippen LogP contribution in [-0.2, 0) is 6.42 Å². The fraction of sp³-hybridized carbons (Fsp3) is 0.125. The Morgan fingerprint density at radius 3 is 2.80 bits per heavy atom. The number of rotatable bonds is 1. The summed E-state index contributed by atoms with van der Waals surface area (Å²) in [5.74, 6) is 0. The van der Waals surface area contributed by atoms with E-state index in [-0.39, 0.29) is 6.98 Å². The van der Waals surface area contributed by atoms with Crippen LogP contribution in [0.3, 0.4) is 0 Å². The van der Waals surface area contributed by atoms with E-state index in [2.05, 4.69) is 68.9 Å². The van der Waals surface area contributed by atoms with Crippen molar-refractivity contribution >= 4 is 39.8 Å². The molecule has 98 valence electrons. The van der Waals surface area contributed by atoms with Crippen LogP contribution < -0.4 is 15.9 Å². The van der Waals surface area contributed by atoms with E-state index in [1.54, 1.807) is 0 Å². The van der Waals surface area contributed by atoms with Crippen LogP contribution in [-0.4, -0.2) is 6.98 Å². The third-order valence-corrected chi connectivity index (χ3v) is 4.72. The largest absolute Gasteiger partial charge is 0.407 e. The van der Waals surface area contributed by atoms with Crippen LogP contribution >= 0.6 is 15.9 Å². The van der Waals surface area contributed by atoms with E-state index in [0.29, 0.717) is 0 Å². The Kier molecular flexibility index (Phi) is 2.85. The number of benzene rings is 2. The summed E-state index contributed by atoms with van der Waals surface area (Å²) in [4.78, 5) is 0. The molecule has 0 saturated heterocycles. The van der Waals surface area contributed by atoms with Crippen LogP contribution in [0.4, 0.5) is 5.69 Å². The predicted octanol–water partition coefficient (Wildman–Crippen LogP) is 3.15. The van der Waals surface area contributed by atoms with E-state index in [4.69, 9.17) is 0 Å². The summed E-state index contributed by atoms with van der Waals surface area (Å²) >= 11 is 3.64. The highest BCUT2D eigenvalue weighted by Crippen LogP contribution is 2.34. The zero-order valence-electron chi connectivity index (χ0n) is 11.0. The molecule has 0 amide bonds. The minimum Gasteiger partial charge on any atom is -0.405 e. The quantitative estimate of drug-likeness (QED) is 0.787. The number of hydrogen-bond acceptors (Lipinski definition) is 2. The van der Waals surface area contributed by atoms with E-state index in [1.807, 2.05) is 6.07 Å². The molecule has 0 atom stereocenters. The van der Waals surface area contributed by atoms with Crippen molar-refractivity contribution < 1.29 is 0 Å². The highest BCUT2D eigenvalue weighted by atomic mass is 79.9. The molecule has 0 radical (unpaired) electrons. The summed E-state index contributed by atoms with van der Waals surface area (Å²) in [6, 6.07) is 14.9. The Bertz CT molecular complexity index is 711. The van der Waals surface area contributed by atoms with Crippen LogP contribution in [0.15, 0.2) is 53.0 Å². The summed E-state index contributed by atoms with van der Waals surface area (Å²) in [6.07, 6.45) is 4.56. The first-order valence-corrected chi connectivity index (χ1v) is 7.72. The molecule has 2 N–H and O–H groups in total. The zero-order valence-corrected chi connectivity index (χ0v) is 12.6. The lowest BCUT2D eigenvalue weighted by atomic mass is 9.65. The maximum Gasteiger partial charge on any atom is 0.407 e. The third-order valence-electron chi connectivity index (χ3n) is 4.00. The minimum absolute atomic E-state index is 0.109. The standard InChI is InChI=1S/C16H14BBrN2/c18-13-8-2-1-7-12(13)17-19-14-9-3-5-11-6-4-10-15(20-17)16(11)14/h1-3,5,7-10,19-20H,4,6H2. The van der Waals surface area contributed by atoms with Gasteiger partial charge in [0.15, 0.2) is 0 Å². The van der Waals surface area contributed by atoms with Crippen molar-refractivity contribution in [3.05, 3.63) is 64.1 Å². The van der Waals surface area contributed by atoms with Crippen molar-refractivity contribution in [2.24, 2.45) is 0 Å². The molecule has 0 aromatic heterocycles. The molecule has 2 aromatic carbocycles. The van der Waals surface area contributed by atoms with E-state index in [9.17, 15) is 0 Å². The fourth-order valence-corrected chi connectivity index (χ4v) is 3.58. The lowest BCUT2D eigenvalue weighted by molar-refractivity contribution is 0.962. The fourth-order valence-electron chi connectivity index (χ4n) is 3.06. The average Bonchev–Trinajstić information content (AvgIpc) is 2.48. The van der Waals surface area contributed by atoms with E-state index < -0.39 is 0 Å². The Balaban J connectivity index is 1.80. The SMILES string of the molecule is Brc1ccccc1B1NC2=CCCc3cccc(c32)N1. The Labute approximate surface area is 127 Å². The molecular formula is C16H14BBrN2. The van der Waals surface area contributed by atoms with Gasteiger partial charge in [-0.2, -0.15) is 0 Å². The Morgan fingerprint density at radius 1 is 1.00 bits per heavy atom. The van der Waals surface area contributed by atoms with Gasteiger partial charge in [-0.25, -0.2) is 0 Å². The molecule has 1 aliphatic carbocycles. The summed E-state index contributed by atoms with van der Waals surface area (Å²) in [7, 11) is 0. The molecule has 2 aromatic rings. The van der Waals surface area contributed by atoms with Gasteiger partial charge in [0, 0.05) is 21.4 Å². The van der Waals surface area contributed by atoms with Crippen LogP contribution in [0.2, 0.25) is 0 Å². The normalized spacial score (nSPS) is 15.8. The third kappa shape index (κ3) is 1.87. The van der Waals surface area contributed by atoms with Crippen molar-refractivity contribution in [1.82, 2.24) is 5.23 Å². The molecular weight excluding hydrogens is 311 g/mol. The molecule has 20 heavy (non-hydrogen) atoms. The average molecular weight is 325 g/mol. The highest BCUT2D eigenvalue weighted by Gasteiger charge is 2.30. The van der Waals surface area contributed by atoms with Gasteiger partial charge in [-0.3, -0.25) is 0 Å². The molecule has 0 unspecified atom stereocenters. The summed E-state index contributed by atoms with van der Waals surface area (Å²) in [6.45, 7) is 0.109. The summed E-state index contributed by atoms with van der Waals surface area (Å²) < 4.78 is 1.13. The van der Waals surface area contributed by atoms with Gasteiger partial charge >= 0.3 is 6.98 Å². The topological polar surface area (TPSA) is 24.1 Å². The van der Waals surface area contributed by atoms with Gasteiger partial charge in [0.05, 0.1) is 0 Å². The van der Waals surface area contributed by atoms with Gasteiger partial charge in [-0.1, -0.05) is 52.3 Å². The maximum absolute atomic E-state index is 3.64. The van der Waals surface area contributed by atoms with E-state index in [0.717, 1.165) is 17.3 Å². The molecule has 0 bridgehead atoms. The first-order chi connectivity index (χ1) is 9.83. The Hall–Kier alpha value is -1.68. The number of aryl methyl sites for hydroxylation is 1. The van der Waals surface area contributed by atoms with E-state index >= 15 is 0 Å². The van der Waals surface area contributed by atoms with Gasteiger partial charge in [-0.05, 0) is 36.0 Å². The second-order valence-electron chi connectivity index (χ2n) is 5.24. The monoisotopic (exact) mass is 324 g/mol. The number of nitrogens with one attached hydrogen (secondary N) is 2. The van der Waals surface area contributed by atoms with Gasteiger partial charge in [-0.15, -0.1) is 0 Å². The molecule has 4 heteroatoms. The summed E-state index contributed by atoms with van der Waals surface area (Å²) in [5.41, 5.74) is 6.51. The van der Waals surface area contributed by atoms with Gasteiger partial charge in [0.2, 0.25) is 0 Å². The van der Waals surface area contributed by atoms with Gasteiger partial charge in [0.25, 0.3) is 0 Å². The van der Waals surface area contributed by atoms with Crippen molar-refractivity contribution in [2.45, 2.75) is 12.8 Å².